The van der Waals surface area contributed by atoms with Crippen LogP contribution in [0.1, 0.15) is 33.1 Å². The average molecular weight is 153 g/mol. The zero-order valence-electron chi connectivity index (χ0n) is 7.71. The SMILES string of the molecule is CC(C)N1CC2CCCC2C1. The smallest absolute Gasteiger partial charge is 0.00388 e. The molecular formula is C10H19N. The predicted molar refractivity (Wildman–Crippen MR) is 47.5 cm³/mol. The third-order valence-electron chi connectivity index (χ3n) is 3.48. The van der Waals surface area contributed by atoms with Gasteiger partial charge in [-0.15, -0.1) is 0 Å². The van der Waals surface area contributed by atoms with Crippen LogP contribution in [-0.4, -0.2) is 24.0 Å². The van der Waals surface area contributed by atoms with Crippen LogP contribution in [0, 0.1) is 11.8 Å². The Hall–Kier alpha value is -0.0400. The van der Waals surface area contributed by atoms with Gasteiger partial charge >= 0.3 is 0 Å². The van der Waals surface area contributed by atoms with Gasteiger partial charge in [0.2, 0.25) is 0 Å². The van der Waals surface area contributed by atoms with Gasteiger partial charge in [-0.2, -0.15) is 0 Å². The molecule has 1 saturated carbocycles. The van der Waals surface area contributed by atoms with Crippen LogP contribution in [0.15, 0.2) is 0 Å². The largest absolute Gasteiger partial charge is 0.300 e. The summed E-state index contributed by atoms with van der Waals surface area (Å²) in [5.74, 6) is 2.13. The molecule has 11 heavy (non-hydrogen) atoms. The molecule has 2 unspecified atom stereocenters. The van der Waals surface area contributed by atoms with E-state index in [1.807, 2.05) is 0 Å². The Labute approximate surface area is 69.8 Å². The lowest BCUT2D eigenvalue weighted by atomic mass is 10.0. The van der Waals surface area contributed by atoms with E-state index in [4.69, 9.17) is 0 Å². The monoisotopic (exact) mass is 153 g/mol. The van der Waals surface area contributed by atoms with E-state index in [9.17, 15) is 0 Å². The fourth-order valence-electron chi connectivity index (χ4n) is 2.69. The molecule has 2 fully saturated rings. The van der Waals surface area contributed by atoms with Crippen molar-refractivity contribution in [2.75, 3.05) is 13.1 Å². The first kappa shape index (κ1) is 7.60. The molecule has 1 heteroatoms. The maximum atomic E-state index is 2.65. The van der Waals surface area contributed by atoms with Crippen molar-refractivity contribution in [1.29, 1.82) is 0 Å². The molecule has 1 heterocycles. The third-order valence-corrected chi connectivity index (χ3v) is 3.48. The molecule has 64 valence electrons. The summed E-state index contributed by atoms with van der Waals surface area (Å²) in [5, 5.41) is 0. The molecule has 0 radical (unpaired) electrons. The summed E-state index contributed by atoms with van der Waals surface area (Å²) in [6.45, 7) is 7.42. The van der Waals surface area contributed by atoms with Gasteiger partial charge in [0.05, 0.1) is 0 Å². The maximum absolute atomic E-state index is 2.65. The second-order valence-corrected chi connectivity index (χ2v) is 4.50. The highest BCUT2D eigenvalue weighted by atomic mass is 15.2. The lowest BCUT2D eigenvalue weighted by Crippen LogP contribution is -2.28. The van der Waals surface area contributed by atoms with Gasteiger partial charge in [0, 0.05) is 19.1 Å². The van der Waals surface area contributed by atoms with Crippen molar-refractivity contribution in [3.05, 3.63) is 0 Å². The Balaban J connectivity index is 1.94. The summed E-state index contributed by atoms with van der Waals surface area (Å²) in [6.07, 6.45) is 4.52. The quantitative estimate of drug-likeness (QED) is 0.558. The van der Waals surface area contributed by atoms with Crippen molar-refractivity contribution in [1.82, 2.24) is 4.90 Å². The van der Waals surface area contributed by atoms with Crippen LogP contribution in [0.3, 0.4) is 0 Å². The van der Waals surface area contributed by atoms with E-state index >= 15 is 0 Å². The van der Waals surface area contributed by atoms with E-state index in [-0.39, 0.29) is 0 Å². The summed E-state index contributed by atoms with van der Waals surface area (Å²) < 4.78 is 0. The maximum Gasteiger partial charge on any atom is 0.00388 e. The van der Waals surface area contributed by atoms with Crippen LogP contribution >= 0.6 is 0 Å². The van der Waals surface area contributed by atoms with Gasteiger partial charge in [0.15, 0.2) is 0 Å². The van der Waals surface area contributed by atoms with Crippen molar-refractivity contribution >= 4 is 0 Å². The minimum Gasteiger partial charge on any atom is -0.300 e. The fourth-order valence-corrected chi connectivity index (χ4v) is 2.69. The van der Waals surface area contributed by atoms with E-state index in [2.05, 4.69) is 18.7 Å². The molecule has 0 bridgehead atoms. The van der Waals surface area contributed by atoms with Crippen LogP contribution in [0.5, 0.6) is 0 Å². The zero-order chi connectivity index (χ0) is 7.84. The van der Waals surface area contributed by atoms with E-state index in [1.54, 1.807) is 0 Å². The topological polar surface area (TPSA) is 3.24 Å². The molecule has 1 aliphatic carbocycles. The second-order valence-electron chi connectivity index (χ2n) is 4.50. The predicted octanol–water partition coefficient (Wildman–Crippen LogP) is 2.13. The molecule has 0 aromatic rings. The van der Waals surface area contributed by atoms with Crippen LogP contribution in [0.4, 0.5) is 0 Å². The number of likely N-dealkylation sites (tertiary alicyclic amines) is 1. The lowest BCUT2D eigenvalue weighted by Gasteiger charge is -2.20. The van der Waals surface area contributed by atoms with Gasteiger partial charge in [-0.3, -0.25) is 0 Å². The van der Waals surface area contributed by atoms with E-state index in [0.29, 0.717) is 0 Å². The second kappa shape index (κ2) is 2.78. The molecule has 1 aliphatic heterocycles. The van der Waals surface area contributed by atoms with Crippen LogP contribution < -0.4 is 0 Å². The molecule has 2 rings (SSSR count). The third kappa shape index (κ3) is 1.31. The summed E-state index contributed by atoms with van der Waals surface area (Å²) in [5.41, 5.74) is 0. The highest BCUT2D eigenvalue weighted by Gasteiger charge is 2.36. The Bertz CT molecular complexity index is 130. The van der Waals surface area contributed by atoms with Gasteiger partial charge in [0.25, 0.3) is 0 Å². The Morgan fingerprint density at radius 2 is 1.64 bits per heavy atom. The van der Waals surface area contributed by atoms with Crippen molar-refractivity contribution in [2.45, 2.75) is 39.2 Å². The molecular weight excluding hydrogens is 134 g/mol. The normalized spacial score (nSPS) is 38.5. The van der Waals surface area contributed by atoms with Crippen molar-refractivity contribution in [2.24, 2.45) is 11.8 Å². The van der Waals surface area contributed by atoms with E-state index < -0.39 is 0 Å². The van der Waals surface area contributed by atoms with Crippen LogP contribution in [0.2, 0.25) is 0 Å². The van der Waals surface area contributed by atoms with Gasteiger partial charge < -0.3 is 4.90 Å². The van der Waals surface area contributed by atoms with E-state index in [0.717, 1.165) is 17.9 Å². The summed E-state index contributed by atoms with van der Waals surface area (Å²) in [7, 11) is 0. The number of nitrogens with zero attached hydrogens (tertiary/aromatic N) is 1. The summed E-state index contributed by atoms with van der Waals surface area (Å²) in [4.78, 5) is 2.65. The number of fused-ring (bicyclic) bond motifs is 1. The number of hydrogen-bond donors (Lipinski definition) is 0. The van der Waals surface area contributed by atoms with E-state index in [1.165, 1.54) is 32.4 Å². The lowest BCUT2D eigenvalue weighted by molar-refractivity contribution is 0.254. The van der Waals surface area contributed by atoms with Crippen molar-refractivity contribution < 1.29 is 0 Å². The fraction of sp³-hybridized carbons (Fsp3) is 1.00. The van der Waals surface area contributed by atoms with Gasteiger partial charge in [-0.1, -0.05) is 6.42 Å². The molecule has 1 saturated heterocycles. The van der Waals surface area contributed by atoms with Crippen molar-refractivity contribution in [3.63, 3.8) is 0 Å². The minimum atomic E-state index is 0.778. The number of rotatable bonds is 1. The van der Waals surface area contributed by atoms with Crippen LogP contribution in [0.25, 0.3) is 0 Å². The van der Waals surface area contributed by atoms with Gasteiger partial charge in [-0.25, -0.2) is 0 Å². The molecule has 1 nitrogen and oxygen atoms in total. The first-order valence-corrected chi connectivity index (χ1v) is 5.01. The Morgan fingerprint density at radius 3 is 2.09 bits per heavy atom. The highest BCUT2D eigenvalue weighted by Crippen LogP contribution is 2.38. The van der Waals surface area contributed by atoms with Crippen LogP contribution in [-0.2, 0) is 0 Å². The van der Waals surface area contributed by atoms with Crippen molar-refractivity contribution in [3.8, 4) is 0 Å². The number of hydrogen-bond acceptors (Lipinski definition) is 1. The average Bonchev–Trinajstić information content (AvgIpc) is 2.40. The summed E-state index contributed by atoms with van der Waals surface area (Å²) in [6, 6.07) is 0.778. The van der Waals surface area contributed by atoms with Gasteiger partial charge in [-0.05, 0) is 38.5 Å². The molecule has 2 atom stereocenters. The molecule has 0 aromatic carbocycles. The highest BCUT2D eigenvalue weighted by molar-refractivity contribution is 4.89. The molecule has 2 aliphatic rings. The Morgan fingerprint density at radius 1 is 1.09 bits per heavy atom. The minimum absolute atomic E-state index is 0.778. The standard InChI is InChI=1S/C10H19N/c1-8(2)11-6-9-4-3-5-10(9)7-11/h8-10H,3-7H2,1-2H3. The molecule has 0 aromatic heterocycles. The Kier molecular flexibility index (Phi) is 1.92. The first-order chi connectivity index (χ1) is 5.27. The first-order valence-electron chi connectivity index (χ1n) is 5.01. The summed E-state index contributed by atoms with van der Waals surface area (Å²) >= 11 is 0. The zero-order valence-corrected chi connectivity index (χ0v) is 7.71. The molecule has 0 amide bonds. The molecule has 0 N–H and O–H groups in total. The van der Waals surface area contributed by atoms with Gasteiger partial charge in [0.1, 0.15) is 0 Å². The molecule has 0 spiro atoms.